The van der Waals surface area contributed by atoms with E-state index in [-0.39, 0.29) is 5.41 Å². The summed E-state index contributed by atoms with van der Waals surface area (Å²) in [6.07, 6.45) is 9.74. The minimum atomic E-state index is -0.0879. The van der Waals surface area contributed by atoms with E-state index in [2.05, 4.69) is 20.9 Å². The van der Waals surface area contributed by atoms with Crippen molar-refractivity contribution < 1.29 is 4.79 Å². The molecule has 1 spiro atoms. The number of hydrogen-bond acceptors (Lipinski definition) is 3. The molecule has 0 radical (unpaired) electrons. The Hall–Kier alpha value is -1.42. The predicted molar refractivity (Wildman–Crippen MR) is 85.1 cm³/mol. The molecule has 1 saturated carbocycles. The van der Waals surface area contributed by atoms with Crippen LogP contribution in [0.15, 0.2) is 24.5 Å². The molecule has 1 amide bonds. The van der Waals surface area contributed by atoms with E-state index in [0.29, 0.717) is 5.91 Å². The van der Waals surface area contributed by atoms with Crippen LogP contribution >= 0.6 is 0 Å². The predicted octanol–water partition coefficient (Wildman–Crippen LogP) is 2.31. The van der Waals surface area contributed by atoms with Crippen molar-refractivity contribution in [2.24, 2.45) is 11.3 Å². The third-order valence-corrected chi connectivity index (χ3v) is 5.57. The molecule has 4 nitrogen and oxygen atoms in total. The zero-order valence-electron chi connectivity index (χ0n) is 13.2. The molecule has 3 aliphatic rings. The quantitative estimate of drug-likeness (QED) is 0.856. The number of nitrogens with zero attached hydrogens (tertiary/aromatic N) is 3. The van der Waals surface area contributed by atoms with E-state index in [1.807, 2.05) is 12.3 Å². The summed E-state index contributed by atoms with van der Waals surface area (Å²) in [5.41, 5.74) is 1.05. The van der Waals surface area contributed by atoms with Crippen LogP contribution in [-0.2, 0) is 11.3 Å². The molecule has 118 valence electrons. The first-order valence-electron chi connectivity index (χ1n) is 8.66. The Kier molecular flexibility index (Phi) is 3.65. The molecule has 3 heterocycles. The highest BCUT2D eigenvalue weighted by Gasteiger charge is 2.49. The SMILES string of the molecule is O=C1N(Cc2cccnc2)CC[C@@]12CCCN(CC1CC1)C2. The zero-order valence-corrected chi connectivity index (χ0v) is 13.2. The Morgan fingerprint density at radius 2 is 2.18 bits per heavy atom. The van der Waals surface area contributed by atoms with Crippen molar-refractivity contribution in [2.75, 3.05) is 26.2 Å². The highest BCUT2D eigenvalue weighted by atomic mass is 16.2. The van der Waals surface area contributed by atoms with Gasteiger partial charge in [0.2, 0.25) is 5.91 Å². The highest BCUT2D eigenvalue weighted by Crippen LogP contribution is 2.42. The van der Waals surface area contributed by atoms with Gasteiger partial charge in [-0.15, -0.1) is 0 Å². The van der Waals surface area contributed by atoms with Crippen molar-refractivity contribution in [1.82, 2.24) is 14.8 Å². The van der Waals surface area contributed by atoms with Crippen LogP contribution in [0.25, 0.3) is 0 Å². The summed E-state index contributed by atoms with van der Waals surface area (Å²) in [5.74, 6) is 1.30. The number of piperidine rings is 1. The largest absolute Gasteiger partial charge is 0.338 e. The van der Waals surface area contributed by atoms with Crippen molar-refractivity contribution >= 4 is 5.91 Å². The van der Waals surface area contributed by atoms with Crippen LogP contribution in [0.4, 0.5) is 0 Å². The standard InChI is InChI=1S/C18H25N3O/c22-17-18(6-2-9-20(14-18)12-15-4-5-15)7-10-21(17)13-16-3-1-8-19-11-16/h1,3,8,11,15H,2,4-7,9-10,12-14H2/t18-/m1/s1. The van der Waals surface area contributed by atoms with Crippen molar-refractivity contribution in [3.8, 4) is 0 Å². The van der Waals surface area contributed by atoms with E-state index in [9.17, 15) is 4.79 Å². The van der Waals surface area contributed by atoms with E-state index in [4.69, 9.17) is 0 Å². The number of likely N-dealkylation sites (tertiary alicyclic amines) is 2. The Labute approximate surface area is 132 Å². The van der Waals surface area contributed by atoms with Crippen LogP contribution in [0.2, 0.25) is 0 Å². The molecule has 1 atom stereocenters. The summed E-state index contributed by atoms with van der Waals surface area (Å²) in [4.78, 5) is 21.8. The molecular weight excluding hydrogens is 274 g/mol. The van der Waals surface area contributed by atoms with Gasteiger partial charge in [0.15, 0.2) is 0 Å². The number of aromatic nitrogens is 1. The Bertz CT molecular complexity index is 543. The zero-order chi connectivity index (χ0) is 15.0. The molecule has 2 aliphatic heterocycles. The van der Waals surface area contributed by atoms with Gasteiger partial charge in [-0.05, 0) is 56.2 Å². The Morgan fingerprint density at radius 1 is 1.27 bits per heavy atom. The number of carbonyl (C=O) groups excluding carboxylic acids is 1. The fourth-order valence-electron chi connectivity index (χ4n) is 4.18. The summed E-state index contributed by atoms with van der Waals surface area (Å²) in [5, 5.41) is 0. The van der Waals surface area contributed by atoms with Gasteiger partial charge in [-0.3, -0.25) is 9.78 Å². The number of pyridine rings is 1. The summed E-state index contributed by atoms with van der Waals surface area (Å²) in [6.45, 7) is 5.03. The van der Waals surface area contributed by atoms with Crippen LogP contribution in [0.1, 0.15) is 37.7 Å². The maximum absolute atomic E-state index is 13.0. The van der Waals surface area contributed by atoms with Gasteiger partial charge in [0.1, 0.15) is 0 Å². The van der Waals surface area contributed by atoms with Gasteiger partial charge in [-0.1, -0.05) is 6.07 Å². The smallest absolute Gasteiger partial charge is 0.230 e. The molecule has 0 unspecified atom stereocenters. The minimum Gasteiger partial charge on any atom is -0.338 e. The van der Waals surface area contributed by atoms with Gasteiger partial charge < -0.3 is 9.80 Å². The highest BCUT2D eigenvalue weighted by molar-refractivity contribution is 5.85. The van der Waals surface area contributed by atoms with E-state index < -0.39 is 0 Å². The molecule has 22 heavy (non-hydrogen) atoms. The topological polar surface area (TPSA) is 36.4 Å². The Morgan fingerprint density at radius 3 is 2.95 bits per heavy atom. The normalized spacial score (nSPS) is 29.5. The molecule has 0 N–H and O–H groups in total. The molecule has 1 aromatic rings. The fourth-order valence-corrected chi connectivity index (χ4v) is 4.18. The third-order valence-electron chi connectivity index (χ3n) is 5.57. The summed E-state index contributed by atoms with van der Waals surface area (Å²) in [6, 6.07) is 4.01. The fraction of sp³-hybridized carbons (Fsp3) is 0.667. The first-order chi connectivity index (χ1) is 10.8. The Balaban J connectivity index is 1.43. The van der Waals surface area contributed by atoms with Gasteiger partial charge in [0, 0.05) is 38.6 Å². The molecule has 0 bridgehead atoms. The van der Waals surface area contributed by atoms with E-state index in [1.165, 1.54) is 32.4 Å². The van der Waals surface area contributed by atoms with Crippen molar-refractivity contribution in [2.45, 2.75) is 38.6 Å². The molecule has 1 aromatic heterocycles. The van der Waals surface area contributed by atoms with Crippen molar-refractivity contribution in [1.29, 1.82) is 0 Å². The van der Waals surface area contributed by atoms with Crippen molar-refractivity contribution in [3.05, 3.63) is 30.1 Å². The van der Waals surface area contributed by atoms with Gasteiger partial charge >= 0.3 is 0 Å². The van der Waals surface area contributed by atoms with Crippen LogP contribution in [0.3, 0.4) is 0 Å². The third kappa shape index (κ3) is 2.76. The first kappa shape index (κ1) is 14.2. The first-order valence-corrected chi connectivity index (χ1v) is 8.66. The maximum Gasteiger partial charge on any atom is 0.230 e. The summed E-state index contributed by atoms with van der Waals surface area (Å²) >= 11 is 0. The van der Waals surface area contributed by atoms with E-state index in [1.54, 1.807) is 6.20 Å². The summed E-state index contributed by atoms with van der Waals surface area (Å²) < 4.78 is 0. The van der Waals surface area contributed by atoms with Gasteiger partial charge in [0.25, 0.3) is 0 Å². The lowest BCUT2D eigenvalue weighted by atomic mass is 9.78. The lowest BCUT2D eigenvalue weighted by molar-refractivity contribution is -0.139. The molecule has 3 fully saturated rings. The molecule has 4 heteroatoms. The van der Waals surface area contributed by atoms with Crippen LogP contribution in [-0.4, -0.2) is 46.9 Å². The monoisotopic (exact) mass is 299 g/mol. The number of carbonyl (C=O) groups is 1. The number of hydrogen-bond donors (Lipinski definition) is 0. The lowest BCUT2D eigenvalue weighted by Gasteiger charge is -2.39. The molecule has 1 aliphatic carbocycles. The second-order valence-corrected chi connectivity index (χ2v) is 7.40. The second kappa shape index (κ2) is 5.65. The van der Waals surface area contributed by atoms with E-state index in [0.717, 1.165) is 44.0 Å². The minimum absolute atomic E-state index is 0.0879. The maximum atomic E-state index is 13.0. The van der Waals surface area contributed by atoms with Gasteiger partial charge in [0.05, 0.1) is 5.41 Å². The lowest BCUT2D eigenvalue weighted by Crippen LogP contribution is -2.48. The average molecular weight is 299 g/mol. The van der Waals surface area contributed by atoms with Gasteiger partial charge in [-0.25, -0.2) is 0 Å². The van der Waals surface area contributed by atoms with E-state index >= 15 is 0 Å². The molecular formula is C18H25N3O. The van der Waals surface area contributed by atoms with Crippen LogP contribution in [0, 0.1) is 11.3 Å². The molecule has 0 aromatic carbocycles. The number of amides is 1. The average Bonchev–Trinajstić information content (AvgIpc) is 3.31. The summed E-state index contributed by atoms with van der Waals surface area (Å²) in [7, 11) is 0. The van der Waals surface area contributed by atoms with Gasteiger partial charge in [-0.2, -0.15) is 0 Å². The van der Waals surface area contributed by atoms with Crippen molar-refractivity contribution in [3.63, 3.8) is 0 Å². The number of rotatable bonds is 4. The molecule has 2 saturated heterocycles. The van der Waals surface area contributed by atoms with Crippen LogP contribution < -0.4 is 0 Å². The van der Waals surface area contributed by atoms with Crippen LogP contribution in [0.5, 0.6) is 0 Å². The molecule has 4 rings (SSSR count). The second-order valence-electron chi connectivity index (χ2n) is 7.40.